The predicted octanol–water partition coefficient (Wildman–Crippen LogP) is 3.80. The van der Waals surface area contributed by atoms with Gasteiger partial charge in [-0.1, -0.05) is 36.8 Å². The van der Waals surface area contributed by atoms with E-state index in [0.29, 0.717) is 12.0 Å². The molecule has 4 heteroatoms. The summed E-state index contributed by atoms with van der Waals surface area (Å²) in [6, 6.07) is 14.5. The summed E-state index contributed by atoms with van der Waals surface area (Å²) in [4.78, 5) is 18.1. The lowest BCUT2D eigenvalue weighted by Gasteiger charge is -2.45. The number of piperidine rings is 2. The predicted molar refractivity (Wildman–Crippen MR) is 109 cm³/mol. The Balaban J connectivity index is 1.51. The minimum absolute atomic E-state index is 0.185. The molecule has 2 aromatic rings. The quantitative estimate of drug-likeness (QED) is 0.806. The van der Waals surface area contributed by atoms with Crippen molar-refractivity contribution in [2.24, 2.45) is 5.92 Å². The Morgan fingerprint density at radius 3 is 2.56 bits per heavy atom. The fourth-order valence-corrected chi connectivity index (χ4v) is 5.04. The molecule has 1 aromatic carbocycles. The lowest BCUT2D eigenvalue weighted by Crippen LogP contribution is -2.51. The first-order chi connectivity index (χ1) is 13.2. The molecule has 1 amide bonds. The van der Waals surface area contributed by atoms with E-state index in [1.54, 1.807) is 0 Å². The molecule has 0 unspecified atom stereocenters. The number of nitrogens with zero attached hydrogens (tertiary/aromatic N) is 3. The summed E-state index contributed by atoms with van der Waals surface area (Å²) in [6.45, 7) is 3.36. The van der Waals surface area contributed by atoms with Gasteiger partial charge in [0.25, 0.3) is 0 Å². The molecule has 4 rings (SSSR count). The molecule has 144 valence electrons. The zero-order valence-corrected chi connectivity index (χ0v) is 16.3. The number of aromatic nitrogens is 1. The second kappa shape index (κ2) is 8.30. The van der Waals surface area contributed by atoms with E-state index in [1.807, 2.05) is 59.2 Å². The van der Waals surface area contributed by atoms with Gasteiger partial charge in [0.1, 0.15) is 6.04 Å². The summed E-state index contributed by atoms with van der Waals surface area (Å²) in [6.07, 6.45) is 10.5. The third-order valence-corrected chi connectivity index (χ3v) is 6.39. The van der Waals surface area contributed by atoms with Gasteiger partial charge < -0.3 is 14.4 Å². The maximum Gasteiger partial charge on any atom is 0.250 e. The number of fused-ring (bicyclic) bond motifs is 1. The van der Waals surface area contributed by atoms with Gasteiger partial charge in [0.05, 0.1) is 0 Å². The lowest BCUT2D eigenvalue weighted by molar-refractivity contribution is -0.133. The van der Waals surface area contributed by atoms with Crippen molar-refractivity contribution in [2.45, 2.75) is 44.2 Å². The van der Waals surface area contributed by atoms with Crippen LogP contribution in [0.1, 0.15) is 43.7 Å². The Morgan fingerprint density at radius 1 is 1.04 bits per heavy atom. The number of rotatable bonds is 5. The van der Waals surface area contributed by atoms with Crippen molar-refractivity contribution < 1.29 is 4.79 Å². The molecule has 0 aliphatic carbocycles. The van der Waals surface area contributed by atoms with Crippen LogP contribution in [-0.2, 0) is 4.79 Å². The maximum absolute atomic E-state index is 13.5. The Bertz CT molecular complexity index is 725. The van der Waals surface area contributed by atoms with Crippen molar-refractivity contribution in [3.05, 3.63) is 60.4 Å². The molecule has 0 N–H and O–H groups in total. The Kier molecular flexibility index (Phi) is 5.63. The summed E-state index contributed by atoms with van der Waals surface area (Å²) in [5.74, 6) is 0.791. The highest BCUT2D eigenvalue weighted by atomic mass is 16.2. The third kappa shape index (κ3) is 3.96. The molecule has 3 heterocycles. The fraction of sp³-hybridized carbons (Fsp3) is 0.522. The number of likely N-dealkylation sites (N-methyl/N-ethyl adjacent to an activating group) is 1. The molecule has 2 aliphatic heterocycles. The number of amides is 1. The summed E-state index contributed by atoms with van der Waals surface area (Å²) >= 11 is 0. The van der Waals surface area contributed by atoms with Crippen LogP contribution in [0, 0.1) is 5.92 Å². The van der Waals surface area contributed by atoms with Crippen LogP contribution >= 0.6 is 0 Å². The van der Waals surface area contributed by atoms with Crippen LogP contribution in [0.15, 0.2) is 54.9 Å². The smallest absolute Gasteiger partial charge is 0.250 e. The SMILES string of the molecule is CN(C[C@@H]1CCCN2CCCC[C@H]12)C(=O)[C@@H](c1ccccc1)n1cccc1. The highest BCUT2D eigenvalue weighted by Gasteiger charge is 2.35. The summed E-state index contributed by atoms with van der Waals surface area (Å²) in [5.41, 5.74) is 1.05. The minimum Gasteiger partial charge on any atom is -0.343 e. The summed E-state index contributed by atoms with van der Waals surface area (Å²) < 4.78 is 2.03. The van der Waals surface area contributed by atoms with Crippen molar-refractivity contribution in [1.82, 2.24) is 14.4 Å². The van der Waals surface area contributed by atoms with E-state index < -0.39 is 0 Å². The molecular weight excluding hydrogens is 334 g/mol. The average molecular weight is 366 g/mol. The van der Waals surface area contributed by atoms with Crippen LogP contribution in [0.5, 0.6) is 0 Å². The van der Waals surface area contributed by atoms with E-state index >= 15 is 0 Å². The molecule has 0 bridgehead atoms. The molecule has 0 spiro atoms. The first-order valence-corrected chi connectivity index (χ1v) is 10.4. The van der Waals surface area contributed by atoms with Gasteiger partial charge in [-0.2, -0.15) is 0 Å². The first kappa shape index (κ1) is 18.3. The second-order valence-electron chi connectivity index (χ2n) is 8.16. The number of carbonyl (C=O) groups excluding carboxylic acids is 1. The van der Waals surface area contributed by atoms with E-state index in [4.69, 9.17) is 0 Å². The highest BCUT2D eigenvalue weighted by molar-refractivity contribution is 5.83. The van der Waals surface area contributed by atoms with E-state index in [-0.39, 0.29) is 11.9 Å². The largest absolute Gasteiger partial charge is 0.343 e. The standard InChI is InChI=1S/C23H31N3O/c1-24(18-20-12-9-17-25-14-6-5-13-21(20)25)23(27)22(26-15-7-8-16-26)19-10-3-2-4-11-19/h2-4,7-8,10-11,15-16,20-22H,5-6,9,12-14,17-18H2,1H3/t20-,21+,22+/m0/s1. The molecule has 27 heavy (non-hydrogen) atoms. The van der Waals surface area contributed by atoms with Crippen LogP contribution in [-0.4, -0.2) is 53.0 Å². The maximum atomic E-state index is 13.5. The van der Waals surface area contributed by atoms with Crippen molar-refractivity contribution >= 4 is 5.91 Å². The van der Waals surface area contributed by atoms with Gasteiger partial charge in [0.2, 0.25) is 5.91 Å². The first-order valence-electron chi connectivity index (χ1n) is 10.4. The average Bonchev–Trinajstić information content (AvgIpc) is 3.23. The van der Waals surface area contributed by atoms with Gasteiger partial charge in [-0.15, -0.1) is 0 Å². The molecular formula is C23H31N3O. The monoisotopic (exact) mass is 365 g/mol. The van der Waals surface area contributed by atoms with E-state index in [2.05, 4.69) is 17.0 Å². The number of hydrogen-bond donors (Lipinski definition) is 0. The molecule has 3 atom stereocenters. The summed E-state index contributed by atoms with van der Waals surface area (Å²) in [7, 11) is 1.99. The molecule has 2 fully saturated rings. The van der Waals surface area contributed by atoms with Crippen molar-refractivity contribution in [2.75, 3.05) is 26.7 Å². The topological polar surface area (TPSA) is 28.5 Å². The molecule has 0 radical (unpaired) electrons. The summed E-state index contributed by atoms with van der Waals surface area (Å²) in [5, 5.41) is 0. The lowest BCUT2D eigenvalue weighted by atomic mass is 9.83. The van der Waals surface area contributed by atoms with Gasteiger partial charge in [-0.05, 0) is 62.4 Å². The zero-order chi connectivity index (χ0) is 18.6. The third-order valence-electron chi connectivity index (χ3n) is 6.39. The van der Waals surface area contributed by atoms with Crippen LogP contribution < -0.4 is 0 Å². The van der Waals surface area contributed by atoms with E-state index in [9.17, 15) is 4.79 Å². The fourth-order valence-electron chi connectivity index (χ4n) is 5.04. The van der Waals surface area contributed by atoms with Crippen LogP contribution in [0.25, 0.3) is 0 Å². The molecule has 2 saturated heterocycles. The highest BCUT2D eigenvalue weighted by Crippen LogP contribution is 2.32. The van der Waals surface area contributed by atoms with Crippen molar-refractivity contribution in [3.8, 4) is 0 Å². The van der Waals surface area contributed by atoms with Gasteiger partial charge in [-0.3, -0.25) is 4.79 Å². The van der Waals surface area contributed by atoms with Gasteiger partial charge in [-0.25, -0.2) is 0 Å². The zero-order valence-electron chi connectivity index (χ0n) is 16.3. The molecule has 0 saturated carbocycles. The van der Waals surface area contributed by atoms with E-state index in [0.717, 1.165) is 12.1 Å². The Hall–Kier alpha value is -2.07. The van der Waals surface area contributed by atoms with Crippen molar-refractivity contribution in [1.29, 1.82) is 0 Å². The second-order valence-corrected chi connectivity index (χ2v) is 8.16. The molecule has 1 aromatic heterocycles. The van der Waals surface area contributed by atoms with Crippen LogP contribution in [0.3, 0.4) is 0 Å². The minimum atomic E-state index is -0.280. The normalized spacial score (nSPS) is 24.2. The Labute approximate surface area is 162 Å². The van der Waals surface area contributed by atoms with Gasteiger partial charge >= 0.3 is 0 Å². The van der Waals surface area contributed by atoms with Crippen molar-refractivity contribution in [3.63, 3.8) is 0 Å². The van der Waals surface area contributed by atoms with E-state index in [1.165, 1.54) is 45.2 Å². The van der Waals surface area contributed by atoms with Crippen LogP contribution in [0.4, 0.5) is 0 Å². The van der Waals surface area contributed by atoms with Crippen LogP contribution in [0.2, 0.25) is 0 Å². The number of benzene rings is 1. The van der Waals surface area contributed by atoms with Gasteiger partial charge in [0, 0.05) is 32.0 Å². The Morgan fingerprint density at radius 2 is 1.78 bits per heavy atom. The molecule has 2 aliphatic rings. The number of hydrogen-bond acceptors (Lipinski definition) is 2. The van der Waals surface area contributed by atoms with Gasteiger partial charge in [0.15, 0.2) is 0 Å². The number of carbonyl (C=O) groups is 1. The molecule has 4 nitrogen and oxygen atoms in total.